The maximum atomic E-state index is 14.1. The van der Waals surface area contributed by atoms with E-state index in [1.165, 1.54) is 4.90 Å². The molecule has 7 rings (SSSR count). The summed E-state index contributed by atoms with van der Waals surface area (Å²) in [7, 11) is 0. The molecule has 382 valence electrons. The number of aliphatic hydroxyl groups is 1. The van der Waals surface area contributed by atoms with E-state index in [-0.39, 0.29) is 55.2 Å². The molecule has 3 heterocycles. The molecule has 5 aromatic rings. The van der Waals surface area contributed by atoms with Gasteiger partial charge in [0.15, 0.2) is 0 Å². The quantitative estimate of drug-likeness (QED) is 0.0291. The van der Waals surface area contributed by atoms with Gasteiger partial charge in [0.1, 0.15) is 35.9 Å². The summed E-state index contributed by atoms with van der Waals surface area (Å²) < 4.78 is 6.16. The van der Waals surface area contributed by atoms with Crippen molar-refractivity contribution in [2.75, 3.05) is 51.8 Å². The average Bonchev–Trinajstić information content (AvgIpc) is 3.99. The van der Waals surface area contributed by atoms with Crippen molar-refractivity contribution in [2.45, 2.75) is 91.0 Å². The van der Waals surface area contributed by atoms with E-state index in [2.05, 4.69) is 20.5 Å². The number of piperazine rings is 1. The second-order valence-electron chi connectivity index (χ2n) is 19.6. The number of unbranched alkanes of at least 4 members (excludes halogenated alkanes) is 1. The topological polar surface area (TPSA) is 185 Å². The Morgan fingerprint density at radius 2 is 1.43 bits per heavy atom. The lowest BCUT2D eigenvalue weighted by molar-refractivity contribution is -0.144. The molecule has 0 aliphatic carbocycles. The molecule has 0 spiro atoms. The minimum Gasteiger partial charge on any atom is -0.508 e. The number of alkyl halides is 1. The number of nitrogens with zero attached hydrogens (tertiary/aromatic N) is 4. The van der Waals surface area contributed by atoms with Gasteiger partial charge in [-0.3, -0.25) is 24.1 Å². The molecular formula is C56H67ClN6O8S. The van der Waals surface area contributed by atoms with E-state index in [1.54, 1.807) is 35.6 Å². The van der Waals surface area contributed by atoms with E-state index in [1.807, 2.05) is 111 Å². The number of allylic oxidation sites excluding steroid dienone is 1. The predicted molar refractivity (Wildman–Crippen MR) is 283 cm³/mol. The van der Waals surface area contributed by atoms with Crippen molar-refractivity contribution in [1.82, 2.24) is 30.3 Å². The predicted octanol–water partition coefficient (Wildman–Crippen LogP) is 8.01. The zero-order chi connectivity index (χ0) is 51.4. The van der Waals surface area contributed by atoms with Crippen molar-refractivity contribution in [3.63, 3.8) is 0 Å². The van der Waals surface area contributed by atoms with Crippen LogP contribution in [-0.4, -0.2) is 129 Å². The molecule has 0 saturated carbocycles. The minimum atomic E-state index is -0.927. The van der Waals surface area contributed by atoms with Crippen LogP contribution in [0.2, 0.25) is 0 Å². The standard InChI is InChI=1S/C56H67ClN6O8S/c1-37-52(72-36-59-37)42-11-9-38(10-12-42)34-58-54(69)48-33-45(66)35-63(48)55(70)53(56(2,3)4)60-49(67)7-5-6-8-50(68)62-29-27-61(28-30-62)31-32-71-46-23-17-41(18-24-46)51(40-15-21-44(65)22-16-40)47(25-26-57)39-13-19-43(64)20-14-39/h9-24,36,45,48,53,64-66H,5-8,25-35H2,1-4H3,(H,58,69)(H,60,67)/t45-,48+,53?/m1/s1. The Morgan fingerprint density at radius 1 is 0.819 bits per heavy atom. The first kappa shape index (κ1) is 53.5. The number of halogens is 1. The van der Waals surface area contributed by atoms with Crippen molar-refractivity contribution in [2.24, 2.45) is 5.41 Å². The highest BCUT2D eigenvalue weighted by molar-refractivity contribution is 7.13. The highest BCUT2D eigenvalue weighted by Gasteiger charge is 2.44. The highest BCUT2D eigenvalue weighted by Crippen LogP contribution is 2.37. The number of thiazole rings is 1. The zero-order valence-corrected chi connectivity index (χ0v) is 43.2. The van der Waals surface area contributed by atoms with Crippen LogP contribution in [0.25, 0.3) is 21.6 Å². The number of aromatic hydroxyl groups is 2. The molecule has 5 N–H and O–H groups in total. The Bertz CT molecular complexity index is 2640. The van der Waals surface area contributed by atoms with Crippen molar-refractivity contribution in [3.05, 3.63) is 131 Å². The lowest BCUT2D eigenvalue weighted by Crippen LogP contribution is -2.57. The van der Waals surface area contributed by atoms with Crippen LogP contribution in [-0.2, 0) is 25.7 Å². The number of likely N-dealkylation sites (tertiary alicyclic amines) is 1. The van der Waals surface area contributed by atoms with Gasteiger partial charge in [0, 0.05) is 71.0 Å². The lowest BCUT2D eigenvalue weighted by atomic mass is 9.85. The Hall–Kier alpha value is -6.26. The number of amides is 4. The summed E-state index contributed by atoms with van der Waals surface area (Å²) in [5, 5.41) is 36.4. The van der Waals surface area contributed by atoms with Gasteiger partial charge in [-0.1, -0.05) is 81.4 Å². The number of aryl methyl sites for hydroxylation is 1. The van der Waals surface area contributed by atoms with Gasteiger partial charge in [0.05, 0.1) is 22.2 Å². The first-order chi connectivity index (χ1) is 34.6. The van der Waals surface area contributed by atoms with Crippen molar-refractivity contribution < 1.29 is 39.2 Å². The molecule has 72 heavy (non-hydrogen) atoms. The van der Waals surface area contributed by atoms with E-state index in [9.17, 15) is 34.5 Å². The summed E-state index contributed by atoms with van der Waals surface area (Å²) in [5.74, 6) is 0.452. The van der Waals surface area contributed by atoms with E-state index in [0.717, 1.165) is 68.4 Å². The van der Waals surface area contributed by atoms with E-state index < -0.39 is 29.5 Å². The Morgan fingerprint density at radius 3 is 2.03 bits per heavy atom. The van der Waals surface area contributed by atoms with Crippen molar-refractivity contribution in [1.29, 1.82) is 0 Å². The number of benzene rings is 4. The molecular weight excluding hydrogens is 952 g/mol. The Balaban J connectivity index is 0.825. The molecule has 2 aliphatic heterocycles. The van der Waals surface area contributed by atoms with Crippen LogP contribution in [0.15, 0.2) is 103 Å². The number of phenolic OH excluding ortho intramolecular Hbond substituents is 2. The first-order valence-corrected chi connectivity index (χ1v) is 26.2. The van der Waals surface area contributed by atoms with Crippen molar-refractivity contribution >= 4 is 57.7 Å². The number of aromatic nitrogens is 1. The molecule has 0 bridgehead atoms. The summed E-state index contributed by atoms with van der Waals surface area (Å²) in [6, 6.07) is 28.2. The zero-order valence-electron chi connectivity index (χ0n) is 41.6. The van der Waals surface area contributed by atoms with Gasteiger partial charge in [-0.05, 0) is 107 Å². The number of hydrogen-bond acceptors (Lipinski definition) is 11. The fourth-order valence-corrected chi connectivity index (χ4v) is 10.3. The Kier molecular flexibility index (Phi) is 18.5. The average molecular weight is 1020 g/mol. The largest absolute Gasteiger partial charge is 0.508 e. The third-order valence-corrected chi connectivity index (χ3v) is 14.5. The summed E-state index contributed by atoms with van der Waals surface area (Å²) in [6.07, 6.45) is 1.28. The highest BCUT2D eigenvalue weighted by atomic mass is 35.5. The first-order valence-electron chi connectivity index (χ1n) is 24.7. The number of β-amino-alcohol motifs (C(OH)–C–C–N with tert-alkyl or cyclic N) is 1. The molecule has 14 nitrogen and oxygen atoms in total. The molecule has 2 aliphatic rings. The van der Waals surface area contributed by atoms with Crippen LogP contribution in [0.3, 0.4) is 0 Å². The van der Waals surface area contributed by atoms with Crippen LogP contribution in [0.5, 0.6) is 17.2 Å². The third-order valence-electron chi connectivity index (χ3n) is 13.3. The monoisotopic (exact) mass is 1020 g/mol. The lowest BCUT2D eigenvalue weighted by Gasteiger charge is -2.35. The van der Waals surface area contributed by atoms with Gasteiger partial charge in [-0.2, -0.15) is 0 Å². The smallest absolute Gasteiger partial charge is 0.246 e. The molecule has 2 fully saturated rings. The van der Waals surface area contributed by atoms with Crippen LogP contribution in [0, 0.1) is 12.3 Å². The summed E-state index contributed by atoms with van der Waals surface area (Å²) >= 11 is 7.88. The number of phenols is 2. The maximum absolute atomic E-state index is 14.1. The van der Waals surface area contributed by atoms with Crippen LogP contribution in [0.1, 0.15) is 87.2 Å². The normalized spacial score (nSPS) is 17.0. The second kappa shape index (κ2) is 24.9. The van der Waals surface area contributed by atoms with E-state index in [0.29, 0.717) is 57.8 Å². The second-order valence-corrected chi connectivity index (χ2v) is 20.9. The number of hydrogen-bond donors (Lipinski definition) is 5. The number of ether oxygens (including phenoxy) is 1. The maximum Gasteiger partial charge on any atom is 0.246 e. The number of carbonyl (C=O) groups is 4. The molecule has 0 radical (unpaired) electrons. The third kappa shape index (κ3) is 14.2. The number of aliphatic hydroxyl groups excluding tert-OH is 1. The summed E-state index contributed by atoms with van der Waals surface area (Å²) in [6.45, 7) is 11.6. The number of carbonyl (C=O) groups excluding carboxylic acids is 4. The fraction of sp³-hybridized carbons (Fsp3) is 0.411. The van der Waals surface area contributed by atoms with E-state index >= 15 is 0 Å². The molecule has 4 aromatic carbocycles. The molecule has 1 aromatic heterocycles. The molecule has 1 unspecified atom stereocenters. The van der Waals surface area contributed by atoms with Gasteiger partial charge in [0.25, 0.3) is 0 Å². The number of rotatable bonds is 20. The molecule has 4 amide bonds. The van der Waals surface area contributed by atoms with E-state index in [4.69, 9.17) is 16.3 Å². The van der Waals surface area contributed by atoms with Crippen LogP contribution < -0.4 is 15.4 Å². The van der Waals surface area contributed by atoms with Gasteiger partial charge in [-0.15, -0.1) is 22.9 Å². The van der Waals surface area contributed by atoms with Gasteiger partial charge in [-0.25, -0.2) is 4.98 Å². The number of nitrogens with one attached hydrogen (secondary N) is 2. The summed E-state index contributed by atoms with van der Waals surface area (Å²) in [5.41, 5.74) is 8.85. The van der Waals surface area contributed by atoms with Crippen LogP contribution >= 0.6 is 22.9 Å². The Labute approximate surface area is 431 Å². The van der Waals surface area contributed by atoms with Gasteiger partial charge < -0.3 is 40.5 Å². The fourth-order valence-electron chi connectivity index (χ4n) is 9.28. The SMILES string of the molecule is Cc1ncsc1-c1ccc(CNC(=O)[C@@H]2C[C@@H](O)CN2C(=O)C(NC(=O)CCCCC(=O)N2CCN(CCOc3ccc(C(=C(CCCl)c4ccc(O)cc4)c4ccc(O)cc4)cc3)CC2)C(C)(C)C)cc1. The van der Waals surface area contributed by atoms with Gasteiger partial charge >= 0.3 is 0 Å². The molecule has 2 saturated heterocycles. The van der Waals surface area contributed by atoms with Crippen LogP contribution in [0.4, 0.5) is 0 Å². The van der Waals surface area contributed by atoms with Crippen molar-refractivity contribution in [3.8, 4) is 27.7 Å². The molecule has 16 heteroatoms. The van der Waals surface area contributed by atoms with Gasteiger partial charge in [0.2, 0.25) is 23.6 Å². The molecule has 3 atom stereocenters. The minimum absolute atomic E-state index is 0.00752. The summed E-state index contributed by atoms with van der Waals surface area (Å²) in [4.78, 5) is 65.0.